The molecule has 0 radical (unpaired) electrons. The van der Waals surface area contributed by atoms with E-state index < -0.39 is 5.97 Å². The monoisotopic (exact) mass is 412 g/mol. The molecule has 2 aromatic rings. The highest BCUT2D eigenvalue weighted by molar-refractivity contribution is 9.10. The summed E-state index contributed by atoms with van der Waals surface area (Å²) in [5.41, 5.74) is 0.612. The number of thioether (sulfide) groups is 1. The van der Waals surface area contributed by atoms with E-state index in [1.54, 1.807) is 19.1 Å². The summed E-state index contributed by atoms with van der Waals surface area (Å²) in [6.07, 6.45) is 1.47. The van der Waals surface area contributed by atoms with Crippen LogP contribution in [0.25, 0.3) is 6.08 Å². The van der Waals surface area contributed by atoms with E-state index in [4.69, 9.17) is 9.47 Å². The van der Waals surface area contributed by atoms with Gasteiger partial charge in [-0.15, -0.1) is 5.10 Å². The van der Waals surface area contributed by atoms with Crippen molar-refractivity contribution in [2.45, 2.75) is 19.0 Å². The Hall–Kier alpha value is -2.00. The standard InChI is InChI=1S/C15H16BrN3O4S/c1-4-23-13-10(16)5-9(6-11(13)22-3)7-12(14(20)21)24-15-17-8(2)18-19-15/h5-7H,4H2,1-3H3,(H,20,21)(H,17,18,19)/p-1/b12-7-. The number of carboxylic acids is 1. The number of nitrogens with zero attached hydrogens (tertiary/aromatic N) is 2. The van der Waals surface area contributed by atoms with Gasteiger partial charge < -0.3 is 19.4 Å². The average molecular weight is 413 g/mol. The summed E-state index contributed by atoms with van der Waals surface area (Å²) in [5.74, 6) is 0.338. The summed E-state index contributed by atoms with van der Waals surface area (Å²) in [6, 6.07) is 3.42. The van der Waals surface area contributed by atoms with Crippen molar-refractivity contribution in [1.29, 1.82) is 0 Å². The van der Waals surface area contributed by atoms with Gasteiger partial charge in [-0.3, -0.25) is 5.10 Å². The number of nitrogens with one attached hydrogen (secondary N) is 1. The van der Waals surface area contributed by atoms with Crippen molar-refractivity contribution in [2.75, 3.05) is 13.7 Å². The van der Waals surface area contributed by atoms with Crippen molar-refractivity contribution in [3.63, 3.8) is 0 Å². The van der Waals surface area contributed by atoms with Gasteiger partial charge in [0.1, 0.15) is 5.82 Å². The lowest BCUT2D eigenvalue weighted by molar-refractivity contribution is -0.297. The Labute approximate surface area is 151 Å². The van der Waals surface area contributed by atoms with Crippen LogP contribution in [-0.4, -0.2) is 34.9 Å². The molecule has 0 aliphatic rings. The molecular weight excluding hydrogens is 398 g/mol. The van der Waals surface area contributed by atoms with E-state index >= 15 is 0 Å². The molecule has 0 saturated heterocycles. The molecule has 0 atom stereocenters. The largest absolute Gasteiger partial charge is 0.544 e. The van der Waals surface area contributed by atoms with Gasteiger partial charge >= 0.3 is 0 Å². The molecule has 0 unspecified atom stereocenters. The molecule has 1 aromatic carbocycles. The molecule has 9 heteroatoms. The maximum absolute atomic E-state index is 11.4. The van der Waals surface area contributed by atoms with E-state index in [9.17, 15) is 9.90 Å². The van der Waals surface area contributed by atoms with Gasteiger partial charge in [0.15, 0.2) is 11.5 Å². The molecule has 1 aromatic heterocycles. The first-order chi connectivity index (χ1) is 11.4. The van der Waals surface area contributed by atoms with Crippen LogP contribution >= 0.6 is 27.7 Å². The van der Waals surface area contributed by atoms with Crippen molar-refractivity contribution in [1.82, 2.24) is 15.2 Å². The summed E-state index contributed by atoms with van der Waals surface area (Å²) in [6.45, 7) is 4.08. The minimum absolute atomic E-state index is 0.0212. The number of hydrogen-bond donors (Lipinski definition) is 1. The second-order valence-corrected chi connectivity index (χ2v) is 6.43. The van der Waals surface area contributed by atoms with Crippen molar-refractivity contribution < 1.29 is 19.4 Å². The Kier molecular flexibility index (Phi) is 6.27. The molecule has 24 heavy (non-hydrogen) atoms. The zero-order chi connectivity index (χ0) is 17.7. The summed E-state index contributed by atoms with van der Waals surface area (Å²) < 4.78 is 11.5. The molecule has 2 rings (SSSR count). The van der Waals surface area contributed by atoms with Crippen LogP contribution in [0.3, 0.4) is 0 Å². The number of H-pyrrole nitrogens is 1. The highest BCUT2D eigenvalue weighted by Gasteiger charge is 2.12. The number of carbonyl (C=O) groups is 1. The first-order valence-corrected chi connectivity index (χ1v) is 8.55. The number of carbonyl (C=O) groups excluding carboxylic acids is 1. The lowest BCUT2D eigenvalue weighted by Crippen LogP contribution is -2.23. The molecule has 1 N–H and O–H groups in total. The normalized spacial score (nSPS) is 11.4. The molecule has 7 nitrogen and oxygen atoms in total. The Morgan fingerprint density at radius 1 is 1.50 bits per heavy atom. The molecular formula is C15H15BrN3O4S-. The third-order valence-corrected chi connectivity index (χ3v) is 4.28. The van der Waals surface area contributed by atoms with E-state index in [1.165, 1.54) is 13.2 Å². The molecule has 0 aliphatic carbocycles. The zero-order valence-electron chi connectivity index (χ0n) is 13.3. The molecule has 0 spiro atoms. The van der Waals surface area contributed by atoms with Crippen molar-refractivity contribution in [2.24, 2.45) is 0 Å². The smallest absolute Gasteiger partial charge is 0.213 e. The lowest BCUT2D eigenvalue weighted by Gasteiger charge is -2.13. The third-order valence-electron chi connectivity index (χ3n) is 2.82. The fraction of sp³-hybridized carbons (Fsp3) is 0.267. The predicted molar refractivity (Wildman–Crippen MR) is 91.8 cm³/mol. The summed E-state index contributed by atoms with van der Waals surface area (Å²) in [7, 11) is 1.52. The quantitative estimate of drug-likeness (QED) is 0.549. The van der Waals surface area contributed by atoms with Gasteiger partial charge in [-0.1, -0.05) is 0 Å². The van der Waals surface area contributed by atoms with E-state index in [-0.39, 0.29) is 4.91 Å². The molecule has 0 saturated carbocycles. The van der Waals surface area contributed by atoms with Gasteiger partial charge in [0, 0.05) is 4.91 Å². The van der Waals surface area contributed by atoms with Gasteiger partial charge in [0.25, 0.3) is 0 Å². The van der Waals surface area contributed by atoms with Crippen LogP contribution in [0.15, 0.2) is 26.7 Å². The highest BCUT2D eigenvalue weighted by atomic mass is 79.9. The lowest BCUT2D eigenvalue weighted by atomic mass is 10.2. The number of ether oxygens (including phenoxy) is 2. The number of carboxylic acid groups (broad SMARTS) is 1. The molecule has 0 amide bonds. The molecule has 128 valence electrons. The van der Waals surface area contributed by atoms with Crippen LogP contribution in [0, 0.1) is 6.92 Å². The summed E-state index contributed by atoms with van der Waals surface area (Å²) in [4.78, 5) is 15.4. The van der Waals surface area contributed by atoms with Crippen LogP contribution in [0.1, 0.15) is 18.3 Å². The number of aliphatic carboxylic acids is 1. The minimum atomic E-state index is -1.31. The minimum Gasteiger partial charge on any atom is -0.544 e. The van der Waals surface area contributed by atoms with E-state index in [1.807, 2.05) is 6.92 Å². The van der Waals surface area contributed by atoms with Crippen molar-refractivity contribution in [3.8, 4) is 11.5 Å². The Morgan fingerprint density at radius 2 is 2.25 bits per heavy atom. The maximum atomic E-state index is 11.4. The second kappa shape index (κ2) is 8.20. The summed E-state index contributed by atoms with van der Waals surface area (Å²) in [5, 5.41) is 18.3. The highest BCUT2D eigenvalue weighted by Crippen LogP contribution is 2.38. The van der Waals surface area contributed by atoms with Gasteiger partial charge in [0.05, 0.1) is 24.2 Å². The predicted octanol–water partition coefficient (Wildman–Crippen LogP) is 2.17. The number of halogens is 1. The van der Waals surface area contributed by atoms with Crippen LogP contribution in [-0.2, 0) is 4.79 Å². The first kappa shape index (κ1) is 18.3. The number of methoxy groups -OCH3 is 1. The van der Waals surface area contributed by atoms with Gasteiger partial charge in [-0.2, -0.15) is 0 Å². The fourth-order valence-corrected chi connectivity index (χ4v) is 3.18. The van der Waals surface area contributed by atoms with Gasteiger partial charge in [-0.25, -0.2) is 4.98 Å². The van der Waals surface area contributed by atoms with Crippen LogP contribution in [0.2, 0.25) is 0 Å². The SMILES string of the molecule is CCOc1c(Br)cc(/C=C(\Sc2n[nH]c(C)n2)C(=O)[O-])cc1OC. The average Bonchev–Trinajstić information content (AvgIpc) is 2.94. The number of aryl methyl sites for hydroxylation is 1. The van der Waals surface area contributed by atoms with Crippen LogP contribution in [0.5, 0.6) is 11.5 Å². The number of aromatic nitrogens is 3. The number of hydrogen-bond acceptors (Lipinski definition) is 7. The Morgan fingerprint density at radius 3 is 2.79 bits per heavy atom. The van der Waals surface area contributed by atoms with Crippen molar-refractivity contribution in [3.05, 3.63) is 32.9 Å². The number of aromatic amines is 1. The second-order valence-electron chi connectivity index (χ2n) is 4.57. The van der Waals surface area contributed by atoms with Crippen molar-refractivity contribution >= 4 is 39.7 Å². The van der Waals surface area contributed by atoms with E-state index in [2.05, 4.69) is 31.1 Å². The van der Waals surface area contributed by atoms with Crippen LogP contribution in [0.4, 0.5) is 0 Å². The third kappa shape index (κ3) is 4.51. The number of rotatable bonds is 7. The Balaban J connectivity index is 2.38. The topological polar surface area (TPSA) is 100 Å². The van der Waals surface area contributed by atoms with Gasteiger partial charge in [0.2, 0.25) is 5.16 Å². The fourth-order valence-electron chi connectivity index (χ4n) is 1.86. The van der Waals surface area contributed by atoms with Gasteiger partial charge in [-0.05, 0) is 65.3 Å². The maximum Gasteiger partial charge on any atom is 0.213 e. The van der Waals surface area contributed by atoms with E-state index in [0.29, 0.717) is 39.1 Å². The molecule has 0 bridgehead atoms. The molecule has 0 fully saturated rings. The first-order valence-electron chi connectivity index (χ1n) is 6.94. The van der Waals surface area contributed by atoms with Crippen LogP contribution < -0.4 is 14.6 Å². The zero-order valence-corrected chi connectivity index (χ0v) is 15.7. The Bertz CT molecular complexity index is 776. The number of benzene rings is 1. The molecule has 0 aliphatic heterocycles. The van der Waals surface area contributed by atoms with E-state index in [0.717, 1.165) is 11.8 Å². The molecule has 1 heterocycles. The summed E-state index contributed by atoms with van der Waals surface area (Å²) >= 11 is 4.31.